The largest absolute Gasteiger partial charge is 0.321 e. The van der Waals surface area contributed by atoms with Crippen molar-refractivity contribution in [2.45, 2.75) is 33.1 Å². The molecule has 0 unspecified atom stereocenters. The van der Waals surface area contributed by atoms with Crippen LogP contribution in [0.5, 0.6) is 0 Å². The highest BCUT2D eigenvalue weighted by molar-refractivity contribution is 7.90. The van der Waals surface area contributed by atoms with Gasteiger partial charge in [-0.1, -0.05) is 19.8 Å². The molecule has 0 aliphatic carbocycles. The van der Waals surface area contributed by atoms with E-state index in [0.29, 0.717) is 6.42 Å². The van der Waals surface area contributed by atoms with Crippen molar-refractivity contribution in [2.75, 3.05) is 11.1 Å². The number of hydrogen-bond acceptors (Lipinski definition) is 6. The Morgan fingerprint density at radius 2 is 1.92 bits per heavy atom. The second kappa shape index (κ2) is 8.39. The molecule has 0 radical (unpaired) electrons. The molecule has 0 heterocycles. The molecule has 0 bridgehead atoms. The number of rotatable bonds is 8. The molecule has 10 heteroatoms. The summed E-state index contributed by atoms with van der Waals surface area (Å²) < 4.78 is 25.5. The summed E-state index contributed by atoms with van der Waals surface area (Å²) in [5, 5.41) is 13.2. The van der Waals surface area contributed by atoms with Crippen LogP contribution >= 0.6 is 0 Å². The molecule has 9 nitrogen and oxygen atoms in total. The molecule has 2 N–H and O–H groups in total. The van der Waals surface area contributed by atoms with Gasteiger partial charge in [0.25, 0.3) is 11.6 Å². The first-order chi connectivity index (χ1) is 11.2. The minimum Gasteiger partial charge on any atom is -0.321 e. The molecular formula is C14H19N3O6S. The number of sulfonamides is 1. The molecule has 0 saturated carbocycles. The lowest BCUT2D eigenvalue weighted by molar-refractivity contribution is -0.383. The monoisotopic (exact) mass is 357 g/mol. The second-order valence-corrected chi connectivity index (χ2v) is 6.97. The Kier molecular flexibility index (Phi) is 6.83. The number of nitrogens with one attached hydrogen (secondary N) is 2. The molecule has 0 aromatic heterocycles. The van der Waals surface area contributed by atoms with Crippen LogP contribution in [0.4, 0.5) is 11.4 Å². The molecule has 2 amide bonds. The van der Waals surface area contributed by atoms with Crippen molar-refractivity contribution in [1.82, 2.24) is 4.72 Å². The van der Waals surface area contributed by atoms with Gasteiger partial charge in [0.15, 0.2) is 0 Å². The minimum atomic E-state index is -3.78. The number of carbonyl (C=O) groups excluding carboxylic acids is 2. The summed E-state index contributed by atoms with van der Waals surface area (Å²) in [5.41, 5.74) is -0.681. The predicted molar refractivity (Wildman–Crippen MR) is 88.2 cm³/mol. The highest BCUT2D eigenvalue weighted by Crippen LogP contribution is 2.25. The number of benzene rings is 1. The zero-order chi connectivity index (χ0) is 18.3. The molecule has 132 valence electrons. The van der Waals surface area contributed by atoms with E-state index in [1.54, 1.807) is 0 Å². The maximum atomic E-state index is 12.0. The summed E-state index contributed by atoms with van der Waals surface area (Å²) in [6, 6.07) is 3.22. The summed E-state index contributed by atoms with van der Waals surface area (Å²) in [4.78, 5) is 33.4. The SMILES string of the molecule is CCCCCS(=O)(=O)NC(=O)c1ccc([N+](=O)[O-])c(NC(C)=O)c1. The molecule has 1 rings (SSSR count). The first kappa shape index (κ1) is 19.6. The van der Waals surface area contributed by atoms with E-state index < -0.39 is 32.4 Å². The standard InChI is InChI=1S/C14H19N3O6S/c1-3-4-5-8-24(22,23)16-14(19)11-6-7-13(17(20)21)12(9-11)15-10(2)18/h6-7,9H,3-5,8H2,1-2H3,(H,15,18)(H,16,19). The Labute approximate surface area is 139 Å². The van der Waals surface area contributed by atoms with E-state index in [-0.39, 0.29) is 17.0 Å². The Morgan fingerprint density at radius 3 is 2.46 bits per heavy atom. The summed E-state index contributed by atoms with van der Waals surface area (Å²) >= 11 is 0. The van der Waals surface area contributed by atoms with Crippen LogP contribution in [0.1, 0.15) is 43.5 Å². The van der Waals surface area contributed by atoms with Gasteiger partial charge in [-0.15, -0.1) is 0 Å². The lowest BCUT2D eigenvalue weighted by atomic mass is 10.1. The van der Waals surface area contributed by atoms with Crippen molar-refractivity contribution in [3.05, 3.63) is 33.9 Å². The Morgan fingerprint density at radius 1 is 1.25 bits per heavy atom. The third-order valence-electron chi connectivity index (χ3n) is 3.03. The van der Waals surface area contributed by atoms with Gasteiger partial charge in [-0.2, -0.15) is 0 Å². The summed E-state index contributed by atoms with van der Waals surface area (Å²) in [7, 11) is -3.78. The summed E-state index contributed by atoms with van der Waals surface area (Å²) in [6.45, 7) is 3.08. The van der Waals surface area contributed by atoms with Gasteiger partial charge in [0, 0.05) is 18.6 Å². The number of anilines is 1. The van der Waals surface area contributed by atoms with Crippen LogP contribution in [-0.4, -0.2) is 30.9 Å². The second-order valence-electron chi connectivity index (χ2n) is 5.13. The molecule has 0 aliphatic heterocycles. The predicted octanol–water partition coefficient (Wildman–Crippen LogP) is 1.80. The fourth-order valence-corrected chi connectivity index (χ4v) is 3.01. The van der Waals surface area contributed by atoms with Crippen molar-refractivity contribution >= 4 is 33.2 Å². The lowest BCUT2D eigenvalue weighted by Gasteiger charge is -2.09. The lowest BCUT2D eigenvalue weighted by Crippen LogP contribution is -2.32. The zero-order valence-electron chi connectivity index (χ0n) is 13.4. The summed E-state index contributed by atoms with van der Waals surface area (Å²) in [5.74, 6) is -1.64. The van der Waals surface area contributed by atoms with E-state index in [4.69, 9.17) is 0 Å². The van der Waals surface area contributed by atoms with Crippen molar-refractivity contribution in [3.63, 3.8) is 0 Å². The van der Waals surface area contributed by atoms with E-state index in [9.17, 15) is 28.1 Å². The molecular weight excluding hydrogens is 338 g/mol. The Hall–Kier alpha value is -2.49. The molecule has 0 spiro atoms. The third kappa shape index (κ3) is 5.95. The molecule has 0 aliphatic rings. The van der Waals surface area contributed by atoms with Gasteiger partial charge in [0.05, 0.1) is 10.7 Å². The van der Waals surface area contributed by atoms with Crippen molar-refractivity contribution < 1.29 is 22.9 Å². The van der Waals surface area contributed by atoms with Gasteiger partial charge < -0.3 is 5.32 Å². The minimum absolute atomic E-state index is 0.108. The van der Waals surface area contributed by atoms with Crippen LogP contribution in [0.25, 0.3) is 0 Å². The highest BCUT2D eigenvalue weighted by Gasteiger charge is 2.20. The van der Waals surface area contributed by atoms with Crippen molar-refractivity contribution in [2.24, 2.45) is 0 Å². The number of nitro groups is 1. The Balaban J connectivity index is 2.98. The van der Waals surface area contributed by atoms with E-state index >= 15 is 0 Å². The third-order valence-corrected chi connectivity index (χ3v) is 4.35. The number of nitrogens with zero attached hydrogens (tertiary/aromatic N) is 1. The number of nitro benzene ring substituents is 1. The maximum absolute atomic E-state index is 12.0. The molecule has 24 heavy (non-hydrogen) atoms. The van der Waals surface area contributed by atoms with Gasteiger partial charge in [0.2, 0.25) is 15.9 Å². The van der Waals surface area contributed by atoms with Crippen LogP contribution in [0.15, 0.2) is 18.2 Å². The molecule has 0 saturated heterocycles. The van der Waals surface area contributed by atoms with Crippen LogP contribution in [0.2, 0.25) is 0 Å². The van der Waals surface area contributed by atoms with Gasteiger partial charge in [0.1, 0.15) is 5.69 Å². The fraction of sp³-hybridized carbons (Fsp3) is 0.429. The van der Waals surface area contributed by atoms with Crippen LogP contribution in [-0.2, 0) is 14.8 Å². The molecule has 0 fully saturated rings. The summed E-state index contributed by atoms with van der Waals surface area (Å²) in [6.07, 6.45) is 1.99. The first-order valence-corrected chi connectivity index (χ1v) is 8.92. The smallest absolute Gasteiger partial charge is 0.292 e. The number of carbonyl (C=O) groups is 2. The topological polar surface area (TPSA) is 135 Å². The van der Waals surface area contributed by atoms with Crippen molar-refractivity contribution in [1.29, 1.82) is 0 Å². The number of amides is 2. The fourth-order valence-electron chi connectivity index (χ4n) is 1.92. The molecule has 0 atom stereocenters. The highest BCUT2D eigenvalue weighted by atomic mass is 32.2. The number of hydrogen-bond donors (Lipinski definition) is 2. The molecule has 1 aromatic rings. The van der Waals surface area contributed by atoms with Gasteiger partial charge in [-0.25, -0.2) is 13.1 Å². The quantitative estimate of drug-likeness (QED) is 0.414. The Bertz CT molecular complexity index is 745. The maximum Gasteiger partial charge on any atom is 0.292 e. The van der Waals surface area contributed by atoms with Crippen LogP contribution < -0.4 is 10.0 Å². The van der Waals surface area contributed by atoms with E-state index in [1.807, 2.05) is 11.6 Å². The average molecular weight is 357 g/mol. The zero-order valence-corrected chi connectivity index (χ0v) is 14.2. The van der Waals surface area contributed by atoms with Crippen LogP contribution in [0, 0.1) is 10.1 Å². The van der Waals surface area contributed by atoms with Crippen molar-refractivity contribution in [3.8, 4) is 0 Å². The van der Waals surface area contributed by atoms with Gasteiger partial charge in [-0.05, 0) is 18.6 Å². The van der Waals surface area contributed by atoms with Crippen LogP contribution in [0.3, 0.4) is 0 Å². The normalized spacial score (nSPS) is 10.9. The molecule has 1 aromatic carbocycles. The van der Waals surface area contributed by atoms with Gasteiger partial charge in [-0.3, -0.25) is 19.7 Å². The number of unbranched alkanes of at least 4 members (excludes halogenated alkanes) is 2. The van der Waals surface area contributed by atoms with Gasteiger partial charge >= 0.3 is 0 Å². The first-order valence-electron chi connectivity index (χ1n) is 7.27. The average Bonchev–Trinajstić information content (AvgIpc) is 2.45. The van der Waals surface area contributed by atoms with E-state index in [0.717, 1.165) is 38.0 Å². The van der Waals surface area contributed by atoms with E-state index in [1.165, 1.54) is 0 Å². The van der Waals surface area contributed by atoms with E-state index in [2.05, 4.69) is 5.32 Å².